The van der Waals surface area contributed by atoms with E-state index in [2.05, 4.69) is 20.3 Å². The van der Waals surface area contributed by atoms with Gasteiger partial charge in [0.2, 0.25) is 5.91 Å². The first-order valence-corrected chi connectivity index (χ1v) is 8.86. The molecule has 1 aliphatic rings. The van der Waals surface area contributed by atoms with Crippen LogP contribution in [0.25, 0.3) is 0 Å². The van der Waals surface area contributed by atoms with Gasteiger partial charge in [-0.3, -0.25) is 4.79 Å². The second kappa shape index (κ2) is 8.95. The van der Waals surface area contributed by atoms with Crippen LogP contribution in [0, 0.1) is 0 Å². The number of benzene rings is 1. The van der Waals surface area contributed by atoms with Crippen LogP contribution in [0.5, 0.6) is 0 Å². The van der Waals surface area contributed by atoms with E-state index in [4.69, 9.17) is 4.74 Å². The molecule has 3 rings (SSSR count). The maximum atomic E-state index is 12.7. The number of halogens is 3. The zero-order valence-electron chi connectivity index (χ0n) is 15.2. The van der Waals surface area contributed by atoms with Crippen molar-refractivity contribution < 1.29 is 32.0 Å². The lowest BCUT2D eigenvalue weighted by molar-refractivity contribution is -0.137. The average molecular weight is 412 g/mol. The Morgan fingerprint density at radius 1 is 1.17 bits per heavy atom. The van der Waals surface area contributed by atoms with E-state index in [1.54, 1.807) is 0 Å². The number of alkyl halides is 3. The first-order valence-electron chi connectivity index (χ1n) is 8.86. The zero-order chi connectivity index (χ0) is 20.9. The molecule has 3 amide bonds. The minimum absolute atomic E-state index is 0.165. The number of carbonyl (C=O) groups excluding carboxylic acids is 2. The second-order valence-electron chi connectivity index (χ2n) is 6.45. The Bertz CT molecular complexity index is 819. The lowest BCUT2D eigenvalue weighted by atomic mass is 10.2. The minimum Gasteiger partial charge on any atom is -0.376 e. The lowest BCUT2D eigenvalue weighted by Gasteiger charge is -2.25. The van der Waals surface area contributed by atoms with Crippen LogP contribution in [0.1, 0.15) is 18.4 Å². The molecule has 1 fully saturated rings. The third-order valence-corrected chi connectivity index (χ3v) is 4.24. The topological polar surface area (TPSA) is 96.7 Å². The van der Waals surface area contributed by atoms with E-state index in [0.717, 1.165) is 37.1 Å². The number of urea groups is 1. The molecule has 0 saturated carbocycles. The van der Waals surface area contributed by atoms with Gasteiger partial charge in [-0.2, -0.15) is 13.2 Å². The number of nitrogens with one attached hydrogen (secondary N) is 2. The predicted molar refractivity (Wildman–Crippen MR) is 96.1 cm³/mol. The number of anilines is 2. The van der Waals surface area contributed by atoms with Gasteiger partial charge in [-0.1, -0.05) is 5.16 Å². The van der Waals surface area contributed by atoms with Crippen molar-refractivity contribution in [2.45, 2.75) is 25.1 Å². The Kier molecular flexibility index (Phi) is 6.37. The van der Waals surface area contributed by atoms with E-state index in [-0.39, 0.29) is 30.7 Å². The average Bonchev–Trinajstić information content (AvgIpc) is 3.35. The highest BCUT2D eigenvalue weighted by atomic mass is 19.4. The molecule has 1 saturated heterocycles. The van der Waals surface area contributed by atoms with Gasteiger partial charge in [-0.05, 0) is 37.1 Å². The van der Waals surface area contributed by atoms with Gasteiger partial charge in [0.15, 0.2) is 5.82 Å². The number of nitrogens with zero attached hydrogens (tertiary/aromatic N) is 2. The molecule has 1 unspecified atom stereocenters. The van der Waals surface area contributed by atoms with Crippen LogP contribution < -0.4 is 10.6 Å². The van der Waals surface area contributed by atoms with Gasteiger partial charge in [-0.15, -0.1) is 0 Å². The van der Waals surface area contributed by atoms with Gasteiger partial charge in [0.1, 0.15) is 12.8 Å². The molecule has 1 atom stereocenters. The first-order chi connectivity index (χ1) is 13.8. The zero-order valence-corrected chi connectivity index (χ0v) is 15.2. The highest BCUT2D eigenvalue weighted by Gasteiger charge is 2.30. The summed E-state index contributed by atoms with van der Waals surface area (Å²) in [5, 5.41) is 8.56. The third kappa shape index (κ3) is 5.95. The van der Waals surface area contributed by atoms with E-state index in [1.807, 2.05) is 0 Å². The third-order valence-electron chi connectivity index (χ3n) is 4.24. The molecule has 2 aromatic rings. The molecule has 2 N–H and O–H groups in total. The maximum absolute atomic E-state index is 12.7. The van der Waals surface area contributed by atoms with Gasteiger partial charge in [-0.25, -0.2) is 4.79 Å². The van der Waals surface area contributed by atoms with E-state index in [9.17, 15) is 22.8 Å². The molecule has 0 bridgehead atoms. The van der Waals surface area contributed by atoms with E-state index in [1.165, 1.54) is 17.2 Å². The Hall–Kier alpha value is -3.08. The number of carbonyl (C=O) groups is 2. The minimum atomic E-state index is -4.46. The normalized spacial score (nSPS) is 16.4. The number of rotatable bonds is 6. The smallest absolute Gasteiger partial charge is 0.376 e. The fourth-order valence-electron chi connectivity index (χ4n) is 2.83. The van der Waals surface area contributed by atoms with Crippen molar-refractivity contribution in [2.75, 3.05) is 30.3 Å². The first kappa shape index (κ1) is 20.6. The molecule has 1 aromatic heterocycles. The molecule has 0 aliphatic carbocycles. The molecule has 0 radical (unpaired) electrons. The molecule has 1 aliphatic heterocycles. The standard InChI is InChI=1S/C18H19F3N4O4/c19-18(20,21)12-3-5-13(6-4-12)22-17(27)25(10-14-2-1-8-28-14)11-16(26)23-15-7-9-29-24-15/h3-7,9,14H,1-2,8,10-11H2,(H,22,27)(H,23,24,26). The van der Waals surface area contributed by atoms with Crippen molar-refractivity contribution in [2.24, 2.45) is 0 Å². The van der Waals surface area contributed by atoms with E-state index in [0.29, 0.717) is 6.61 Å². The van der Waals surface area contributed by atoms with Crippen LogP contribution >= 0.6 is 0 Å². The Morgan fingerprint density at radius 3 is 2.52 bits per heavy atom. The number of hydrogen-bond donors (Lipinski definition) is 2. The van der Waals surface area contributed by atoms with Crippen LogP contribution in [0.4, 0.5) is 29.5 Å². The SMILES string of the molecule is O=C(CN(CC1CCCO1)C(=O)Nc1ccc(C(F)(F)F)cc1)Nc1ccon1. The van der Waals surface area contributed by atoms with Crippen molar-refractivity contribution >= 4 is 23.4 Å². The highest BCUT2D eigenvalue weighted by molar-refractivity contribution is 5.96. The molecule has 1 aromatic carbocycles. The van der Waals surface area contributed by atoms with Crippen LogP contribution in [0.3, 0.4) is 0 Å². The summed E-state index contributed by atoms with van der Waals surface area (Å²) in [4.78, 5) is 26.1. The van der Waals surface area contributed by atoms with E-state index < -0.39 is 23.7 Å². The molecule has 156 valence electrons. The largest absolute Gasteiger partial charge is 0.416 e. The van der Waals surface area contributed by atoms with Crippen LogP contribution in [0.2, 0.25) is 0 Å². The second-order valence-corrected chi connectivity index (χ2v) is 6.45. The lowest BCUT2D eigenvalue weighted by Crippen LogP contribution is -2.44. The molecule has 11 heteroatoms. The monoisotopic (exact) mass is 412 g/mol. The van der Waals surface area contributed by atoms with Gasteiger partial charge in [0.05, 0.1) is 11.7 Å². The summed E-state index contributed by atoms with van der Waals surface area (Å²) < 4.78 is 48.2. The van der Waals surface area contributed by atoms with Crippen molar-refractivity contribution in [1.82, 2.24) is 10.1 Å². The van der Waals surface area contributed by atoms with Crippen molar-refractivity contribution in [3.63, 3.8) is 0 Å². The van der Waals surface area contributed by atoms with E-state index >= 15 is 0 Å². The predicted octanol–water partition coefficient (Wildman–Crippen LogP) is 3.35. The summed E-state index contributed by atoms with van der Waals surface area (Å²) in [6.07, 6.45) is -1.79. The summed E-state index contributed by atoms with van der Waals surface area (Å²) >= 11 is 0. The molecule has 2 heterocycles. The van der Waals surface area contributed by atoms with Crippen LogP contribution in [0.15, 0.2) is 41.1 Å². The van der Waals surface area contributed by atoms with Gasteiger partial charge in [0, 0.05) is 24.9 Å². The molecule has 8 nitrogen and oxygen atoms in total. The fourth-order valence-corrected chi connectivity index (χ4v) is 2.83. The van der Waals surface area contributed by atoms with Crippen molar-refractivity contribution in [3.8, 4) is 0 Å². The van der Waals surface area contributed by atoms with Crippen LogP contribution in [-0.2, 0) is 15.7 Å². The summed E-state index contributed by atoms with van der Waals surface area (Å²) in [6, 6.07) is 4.87. The number of ether oxygens (including phenoxy) is 1. The van der Waals surface area contributed by atoms with Crippen molar-refractivity contribution in [3.05, 3.63) is 42.2 Å². The maximum Gasteiger partial charge on any atom is 0.416 e. The Balaban J connectivity index is 1.65. The van der Waals surface area contributed by atoms with Gasteiger partial charge in [0.25, 0.3) is 0 Å². The Morgan fingerprint density at radius 2 is 1.93 bits per heavy atom. The molecule has 29 heavy (non-hydrogen) atoms. The quantitative estimate of drug-likeness (QED) is 0.759. The summed E-state index contributed by atoms with van der Waals surface area (Å²) in [7, 11) is 0. The van der Waals surface area contributed by atoms with Crippen molar-refractivity contribution in [1.29, 1.82) is 0 Å². The number of amides is 3. The molecule has 0 spiro atoms. The Labute approximate surface area is 164 Å². The van der Waals surface area contributed by atoms with Crippen LogP contribution in [-0.4, -0.2) is 47.8 Å². The highest BCUT2D eigenvalue weighted by Crippen LogP contribution is 2.29. The number of aromatic nitrogens is 1. The molecular formula is C18H19F3N4O4. The van der Waals surface area contributed by atoms with Gasteiger partial charge >= 0.3 is 12.2 Å². The molecular weight excluding hydrogens is 393 g/mol. The van der Waals surface area contributed by atoms with Gasteiger partial charge < -0.3 is 24.8 Å². The summed E-state index contributed by atoms with van der Waals surface area (Å²) in [5.41, 5.74) is -0.643. The summed E-state index contributed by atoms with van der Waals surface area (Å²) in [6.45, 7) is 0.446. The summed E-state index contributed by atoms with van der Waals surface area (Å²) in [5.74, 6) is -0.297. The number of hydrogen-bond acceptors (Lipinski definition) is 5. The fraction of sp³-hybridized carbons (Fsp3) is 0.389.